The molecule has 5 rings (SSSR count). The van der Waals surface area contributed by atoms with Crippen LogP contribution in [0.5, 0.6) is 5.75 Å². The lowest BCUT2D eigenvalue weighted by molar-refractivity contribution is -0.149. The quantitative estimate of drug-likeness (QED) is 0.846. The van der Waals surface area contributed by atoms with Crippen LogP contribution in [0.4, 0.5) is 5.69 Å². The smallest absolute Gasteiger partial charge is 0.260 e. The predicted molar refractivity (Wildman–Crippen MR) is 93.3 cm³/mol. The van der Waals surface area contributed by atoms with Gasteiger partial charge in [-0.25, -0.2) is 0 Å². The lowest BCUT2D eigenvalue weighted by atomic mass is 9.77. The summed E-state index contributed by atoms with van der Waals surface area (Å²) in [4.78, 5) is 28.1. The van der Waals surface area contributed by atoms with Gasteiger partial charge < -0.3 is 14.5 Å². The maximum atomic E-state index is 12.5. The average Bonchev–Trinajstić information content (AvgIpc) is 3.27. The summed E-state index contributed by atoms with van der Waals surface area (Å²) in [5.74, 6) is 3.37. The van der Waals surface area contributed by atoms with Crippen LogP contribution in [0.3, 0.4) is 0 Å². The highest BCUT2D eigenvalue weighted by Crippen LogP contribution is 2.55. The minimum absolute atomic E-state index is 0.114. The first-order valence-electron chi connectivity index (χ1n) is 9.53. The zero-order valence-electron chi connectivity index (χ0n) is 14.4. The summed E-state index contributed by atoms with van der Waals surface area (Å²) in [5.41, 5.74) is 0.911. The van der Waals surface area contributed by atoms with Crippen molar-refractivity contribution in [2.24, 2.45) is 17.8 Å². The molecule has 0 spiro atoms. The van der Waals surface area contributed by atoms with Crippen LogP contribution < -0.4 is 9.64 Å². The van der Waals surface area contributed by atoms with E-state index in [2.05, 4.69) is 0 Å². The number of carbonyl (C=O) groups excluding carboxylic acids is 2. The maximum Gasteiger partial charge on any atom is 0.260 e. The average molecular weight is 340 g/mol. The van der Waals surface area contributed by atoms with Gasteiger partial charge in [0.15, 0.2) is 6.61 Å². The zero-order chi connectivity index (χ0) is 17.0. The fourth-order valence-electron chi connectivity index (χ4n) is 5.47. The van der Waals surface area contributed by atoms with Gasteiger partial charge in [0.25, 0.3) is 5.91 Å². The first-order chi connectivity index (χ1) is 12.2. The number of amides is 2. The number of nitrogens with zero attached hydrogens (tertiary/aromatic N) is 2. The van der Waals surface area contributed by atoms with Crippen molar-refractivity contribution in [3.05, 3.63) is 24.3 Å². The number of carbonyl (C=O) groups is 2. The van der Waals surface area contributed by atoms with Crippen LogP contribution in [0, 0.1) is 17.8 Å². The summed E-state index contributed by atoms with van der Waals surface area (Å²) < 4.78 is 5.70. The Labute approximate surface area is 147 Å². The van der Waals surface area contributed by atoms with Gasteiger partial charge in [0.05, 0.1) is 0 Å². The molecule has 0 aromatic heterocycles. The minimum atomic E-state index is 0.114. The highest BCUT2D eigenvalue weighted by atomic mass is 16.5. The van der Waals surface area contributed by atoms with Gasteiger partial charge in [-0.2, -0.15) is 0 Å². The summed E-state index contributed by atoms with van der Waals surface area (Å²) in [6.07, 6.45) is 5.55. The fraction of sp³-hybridized carbons (Fsp3) is 0.600. The van der Waals surface area contributed by atoms with Crippen molar-refractivity contribution in [1.82, 2.24) is 4.90 Å². The van der Waals surface area contributed by atoms with E-state index in [0.29, 0.717) is 18.2 Å². The number of likely N-dealkylation sites (tertiary alicyclic amines) is 1. The molecule has 5 nitrogen and oxygen atoms in total. The van der Waals surface area contributed by atoms with Gasteiger partial charge in [0.2, 0.25) is 5.91 Å². The Morgan fingerprint density at radius 1 is 1.16 bits per heavy atom. The Hall–Kier alpha value is -2.04. The lowest BCUT2D eigenvalue weighted by Gasteiger charge is -2.50. The third-order valence-electron chi connectivity index (χ3n) is 6.71. The fourth-order valence-corrected chi connectivity index (χ4v) is 5.47. The number of hydrogen-bond acceptors (Lipinski definition) is 3. The Morgan fingerprint density at radius 2 is 1.96 bits per heavy atom. The van der Waals surface area contributed by atoms with Crippen LogP contribution in [0.1, 0.15) is 32.1 Å². The molecule has 0 radical (unpaired) electrons. The molecule has 2 aliphatic carbocycles. The van der Waals surface area contributed by atoms with E-state index in [1.54, 1.807) is 0 Å². The standard InChI is InChI=1S/C20H24N2O3/c23-18-2-1-9-21(18)15-5-7-16(8-6-15)25-12-19(24)22-11-17-13-3-4-14(10-13)20(17)22/h5-8,13-14,17,20H,1-4,9-12H2/t13-,14-,17+,20+/m0/s1. The molecule has 0 unspecified atom stereocenters. The molecule has 5 heteroatoms. The highest BCUT2D eigenvalue weighted by molar-refractivity contribution is 5.95. The molecule has 0 N–H and O–H groups in total. The second-order valence-corrected chi connectivity index (χ2v) is 7.97. The van der Waals surface area contributed by atoms with Crippen LogP contribution >= 0.6 is 0 Å². The second kappa shape index (κ2) is 5.75. The molecule has 132 valence electrons. The largest absolute Gasteiger partial charge is 0.484 e. The molecule has 4 aliphatic rings. The van der Waals surface area contributed by atoms with Crippen molar-refractivity contribution in [3.8, 4) is 5.75 Å². The Kier molecular flexibility index (Phi) is 3.50. The van der Waals surface area contributed by atoms with Gasteiger partial charge in [-0.3, -0.25) is 9.59 Å². The van der Waals surface area contributed by atoms with Crippen LogP contribution in [-0.2, 0) is 9.59 Å². The summed E-state index contributed by atoms with van der Waals surface area (Å²) in [5, 5.41) is 0. The van der Waals surface area contributed by atoms with E-state index in [9.17, 15) is 9.59 Å². The number of fused-ring (bicyclic) bond motifs is 5. The van der Waals surface area contributed by atoms with Gasteiger partial charge in [-0.15, -0.1) is 0 Å². The van der Waals surface area contributed by atoms with Crippen molar-refractivity contribution in [1.29, 1.82) is 0 Å². The molecule has 2 aliphatic heterocycles. The molecule has 2 saturated carbocycles. The Morgan fingerprint density at radius 3 is 2.68 bits per heavy atom. The van der Waals surface area contributed by atoms with E-state index < -0.39 is 0 Å². The van der Waals surface area contributed by atoms with Crippen molar-refractivity contribution in [3.63, 3.8) is 0 Å². The van der Waals surface area contributed by atoms with Gasteiger partial charge in [0.1, 0.15) is 5.75 Å². The Bertz CT molecular complexity index is 699. The third kappa shape index (κ3) is 2.43. The third-order valence-corrected chi connectivity index (χ3v) is 6.71. The predicted octanol–water partition coefficient (Wildman–Crippen LogP) is 2.45. The molecular formula is C20H24N2O3. The number of benzene rings is 1. The van der Waals surface area contributed by atoms with Crippen molar-refractivity contribution in [2.45, 2.75) is 38.1 Å². The summed E-state index contributed by atoms with van der Waals surface area (Å²) in [6, 6.07) is 8.01. The van der Waals surface area contributed by atoms with E-state index in [4.69, 9.17) is 4.74 Å². The monoisotopic (exact) mass is 340 g/mol. The molecule has 1 aromatic rings. The zero-order valence-corrected chi connectivity index (χ0v) is 14.4. The van der Waals surface area contributed by atoms with Gasteiger partial charge in [0, 0.05) is 37.2 Å². The summed E-state index contributed by atoms with van der Waals surface area (Å²) in [6.45, 7) is 1.84. The molecule has 2 bridgehead atoms. The molecule has 25 heavy (non-hydrogen) atoms. The van der Waals surface area contributed by atoms with Crippen LogP contribution in [-0.4, -0.2) is 42.5 Å². The number of anilines is 1. The Balaban J connectivity index is 1.16. The molecule has 1 aromatic carbocycles. The molecule has 4 atom stereocenters. The number of hydrogen-bond donors (Lipinski definition) is 0. The van der Waals surface area contributed by atoms with Gasteiger partial charge in [-0.05, 0) is 61.8 Å². The highest BCUT2D eigenvalue weighted by Gasteiger charge is 2.57. The first kappa shape index (κ1) is 15.2. The van der Waals surface area contributed by atoms with E-state index >= 15 is 0 Å². The van der Waals surface area contributed by atoms with Crippen LogP contribution in [0.15, 0.2) is 24.3 Å². The molecule has 2 saturated heterocycles. The summed E-state index contributed by atoms with van der Waals surface area (Å²) >= 11 is 0. The van der Waals surface area contributed by atoms with Gasteiger partial charge in [-0.1, -0.05) is 0 Å². The van der Waals surface area contributed by atoms with E-state index in [-0.39, 0.29) is 18.4 Å². The minimum Gasteiger partial charge on any atom is -0.484 e. The van der Waals surface area contributed by atoms with Crippen LogP contribution in [0.25, 0.3) is 0 Å². The van der Waals surface area contributed by atoms with Crippen molar-refractivity contribution < 1.29 is 14.3 Å². The molecule has 2 amide bonds. The molecular weight excluding hydrogens is 316 g/mol. The summed E-state index contributed by atoms with van der Waals surface area (Å²) in [7, 11) is 0. The van der Waals surface area contributed by atoms with E-state index in [0.717, 1.165) is 43.0 Å². The maximum absolute atomic E-state index is 12.5. The topological polar surface area (TPSA) is 49.9 Å². The second-order valence-electron chi connectivity index (χ2n) is 7.97. The number of ether oxygens (including phenoxy) is 1. The molecule has 4 fully saturated rings. The number of rotatable bonds is 4. The molecule has 2 heterocycles. The van der Waals surface area contributed by atoms with Crippen LogP contribution in [0.2, 0.25) is 0 Å². The van der Waals surface area contributed by atoms with Crippen molar-refractivity contribution in [2.75, 3.05) is 24.6 Å². The first-order valence-corrected chi connectivity index (χ1v) is 9.53. The van der Waals surface area contributed by atoms with E-state index in [1.807, 2.05) is 34.1 Å². The normalized spacial score (nSPS) is 32.7. The lowest BCUT2D eigenvalue weighted by Crippen LogP contribution is -2.61. The van der Waals surface area contributed by atoms with Gasteiger partial charge >= 0.3 is 0 Å². The van der Waals surface area contributed by atoms with Crippen molar-refractivity contribution >= 4 is 17.5 Å². The van der Waals surface area contributed by atoms with E-state index in [1.165, 1.54) is 19.3 Å². The SMILES string of the molecule is O=C1CCCN1c1ccc(OCC(=O)N2C[C@@H]3[C@H]4CC[C@@H](C4)[C@H]32)cc1.